The van der Waals surface area contributed by atoms with Crippen LogP contribution < -0.4 is 15.1 Å². The standard InChI is InChI=1S/C26H22ClN3O3/c1-3-29(21-11-7-8-17(2)16-21)24(31)18-12-14-19(15-13-18)28-23-22(27)25(32)30(26(23)33)20-9-5-4-6-10-20/h4-16,28H,3H2,1-2H3. The molecule has 4 rings (SSSR count). The van der Waals surface area contributed by atoms with Crippen molar-refractivity contribution < 1.29 is 14.4 Å². The third-order valence-electron chi connectivity index (χ3n) is 5.32. The number of para-hydroxylation sites is 1. The number of carbonyl (C=O) groups excluding carboxylic acids is 3. The van der Waals surface area contributed by atoms with Gasteiger partial charge < -0.3 is 10.2 Å². The lowest BCUT2D eigenvalue weighted by Crippen LogP contribution is -2.32. The first-order valence-electron chi connectivity index (χ1n) is 10.5. The number of aryl methyl sites for hydroxylation is 1. The van der Waals surface area contributed by atoms with Gasteiger partial charge >= 0.3 is 0 Å². The molecule has 1 aliphatic heterocycles. The summed E-state index contributed by atoms with van der Waals surface area (Å²) in [6.45, 7) is 4.43. The second-order valence-electron chi connectivity index (χ2n) is 7.56. The summed E-state index contributed by atoms with van der Waals surface area (Å²) >= 11 is 6.19. The molecule has 166 valence electrons. The van der Waals surface area contributed by atoms with Gasteiger partial charge in [-0.3, -0.25) is 14.4 Å². The predicted molar refractivity (Wildman–Crippen MR) is 130 cm³/mol. The average Bonchev–Trinajstić information content (AvgIpc) is 3.03. The van der Waals surface area contributed by atoms with Crippen molar-refractivity contribution in [2.45, 2.75) is 13.8 Å². The zero-order chi connectivity index (χ0) is 23.5. The molecule has 7 heteroatoms. The molecule has 0 unspecified atom stereocenters. The lowest BCUT2D eigenvalue weighted by atomic mass is 10.1. The Hall–Kier alpha value is -3.90. The zero-order valence-electron chi connectivity index (χ0n) is 18.2. The highest BCUT2D eigenvalue weighted by Crippen LogP contribution is 2.30. The molecular weight excluding hydrogens is 438 g/mol. The molecule has 0 aliphatic carbocycles. The Labute approximate surface area is 197 Å². The highest BCUT2D eigenvalue weighted by Gasteiger charge is 2.38. The monoisotopic (exact) mass is 459 g/mol. The Kier molecular flexibility index (Phi) is 6.29. The molecule has 0 aromatic heterocycles. The van der Waals surface area contributed by atoms with Gasteiger partial charge in [-0.15, -0.1) is 0 Å². The average molecular weight is 460 g/mol. The summed E-state index contributed by atoms with van der Waals surface area (Å²) in [4.78, 5) is 41.2. The number of hydrogen-bond acceptors (Lipinski definition) is 4. The van der Waals surface area contributed by atoms with E-state index in [4.69, 9.17) is 11.6 Å². The van der Waals surface area contributed by atoms with Crippen LogP contribution >= 0.6 is 11.6 Å². The largest absolute Gasteiger partial charge is 0.350 e. The van der Waals surface area contributed by atoms with E-state index in [9.17, 15) is 14.4 Å². The number of nitrogens with zero attached hydrogens (tertiary/aromatic N) is 2. The second-order valence-corrected chi connectivity index (χ2v) is 7.94. The van der Waals surface area contributed by atoms with E-state index in [0.29, 0.717) is 23.5 Å². The number of amides is 3. The number of rotatable bonds is 6. The Morgan fingerprint density at radius 2 is 1.64 bits per heavy atom. The van der Waals surface area contributed by atoms with Crippen LogP contribution in [0.15, 0.2) is 89.6 Å². The smallest absolute Gasteiger partial charge is 0.283 e. The van der Waals surface area contributed by atoms with Crippen LogP contribution in [0.3, 0.4) is 0 Å². The molecule has 0 spiro atoms. The summed E-state index contributed by atoms with van der Waals surface area (Å²) in [5.41, 5.74) is 3.39. The number of benzene rings is 3. The third kappa shape index (κ3) is 4.38. The van der Waals surface area contributed by atoms with Gasteiger partial charge in [-0.25, -0.2) is 4.90 Å². The molecule has 1 N–H and O–H groups in total. The Balaban J connectivity index is 1.52. The van der Waals surface area contributed by atoms with Crippen LogP contribution in [-0.2, 0) is 9.59 Å². The fourth-order valence-electron chi connectivity index (χ4n) is 3.66. The summed E-state index contributed by atoms with van der Waals surface area (Å²) in [5, 5.41) is 2.75. The van der Waals surface area contributed by atoms with Gasteiger partial charge in [0.25, 0.3) is 17.7 Å². The first-order chi connectivity index (χ1) is 15.9. The normalized spacial score (nSPS) is 13.5. The number of hydrogen-bond donors (Lipinski definition) is 1. The minimum atomic E-state index is -0.584. The molecule has 1 aliphatic rings. The molecule has 0 saturated heterocycles. The van der Waals surface area contributed by atoms with E-state index in [-0.39, 0.29) is 16.6 Å². The number of anilines is 3. The van der Waals surface area contributed by atoms with Gasteiger partial charge in [-0.2, -0.15) is 0 Å². The van der Waals surface area contributed by atoms with E-state index in [1.807, 2.05) is 38.1 Å². The minimum absolute atomic E-state index is 0.000424. The lowest BCUT2D eigenvalue weighted by Gasteiger charge is -2.21. The van der Waals surface area contributed by atoms with Gasteiger partial charge in [0.1, 0.15) is 10.7 Å². The maximum Gasteiger partial charge on any atom is 0.283 e. The van der Waals surface area contributed by atoms with Gasteiger partial charge in [-0.1, -0.05) is 41.9 Å². The quantitative estimate of drug-likeness (QED) is 0.521. The Bertz CT molecular complexity index is 1250. The number of halogens is 1. The minimum Gasteiger partial charge on any atom is -0.350 e. The number of carbonyl (C=O) groups is 3. The van der Waals surface area contributed by atoms with Gasteiger partial charge in [0.2, 0.25) is 0 Å². The maximum absolute atomic E-state index is 13.1. The van der Waals surface area contributed by atoms with Crippen LogP contribution in [0.25, 0.3) is 0 Å². The van der Waals surface area contributed by atoms with Crippen LogP contribution in [0.1, 0.15) is 22.8 Å². The summed E-state index contributed by atoms with van der Waals surface area (Å²) in [6, 6.07) is 23.1. The van der Waals surface area contributed by atoms with Crippen molar-refractivity contribution in [2.24, 2.45) is 0 Å². The molecule has 3 amide bonds. The molecule has 0 radical (unpaired) electrons. The van der Waals surface area contributed by atoms with Crippen LogP contribution in [0.5, 0.6) is 0 Å². The van der Waals surface area contributed by atoms with Gasteiger partial charge in [-0.05, 0) is 67.9 Å². The molecule has 0 atom stereocenters. The van der Waals surface area contributed by atoms with Crippen molar-refractivity contribution in [3.63, 3.8) is 0 Å². The summed E-state index contributed by atoms with van der Waals surface area (Å²) in [6.07, 6.45) is 0. The van der Waals surface area contributed by atoms with Crippen LogP contribution in [0.4, 0.5) is 17.1 Å². The molecule has 0 bridgehead atoms. The number of imide groups is 1. The molecule has 0 fully saturated rings. The topological polar surface area (TPSA) is 69.7 Å². The molecular formula is C26H22ClN3O3. The van der Waals surface area contributed by atoms with Crippen LogP contribution in [0, 0.1) is 6.92 Å². The summed E-state index contributed by atoms with van der Waals surface area (Å²) in [7, 11) is 0. The molecule has 3 aromatic carbocycles. The molecule has 0 saturated carbocycles. The molecule has 33 heavy (non-hydrogen) atoms. The van der Waals surface area contributed by atoms with Gasteiger partial charge in [0, 0.05) is 23.5 Å². The second kappa shape index (κ2) is 9.30. The SMILES string of the molecule is CCN(C(=O)c1ccc(NC2=C(Cl)C(=O)N(c3ccccc3)C2=O)cc1)c1cccc(C)c1. The van der Waals surface area contributed by atoms with Crippen molar-refractivity contribution >= 4 is 46.4 Å². The van der Waals surface area contributed by atoms with E-state index < -0.39 is 11.8 Å². The highest BCUT2D eigenvalue weighted by molar-refractivity contribution is 6.53. The van der Waals surface area contributed by atoms with E-state index in [1.165, 1.54) is 0 Å². The van der Waals surface area contributed by atoms with Crippen molar-refractivity contribution in [1.82, 2.24) is 0 Å². The van der Waals surface area contributed by atoms with Crippen molar-refractivity contribution in [2.75, 3.05) is 21.7 Å². The van der Waals surface area contributed by atoms with Crippen LogP contribution in [-0.4, -0.2) is 24.3 Å². The van der Waals surface area contributed by atoms with E-state index in [2.05, 4.69) is 5.32 Å². The molecule has 3 aromatic rings. The predicted octanol–water partition coefficient (Wildman–Crippen LogP) is 5.10. The summed E-state index contributed by atoms with van der Waals surface area (Å²) < 4.78 is 0. The first-order valence-corrected chi connectivity index (χ1v) is 10.9. The highest BCUT2D eigenvalue weighted by atomic mass is 35.5. The van der Waals surface area contributed by atoms with E-state index in [1.54, 1.807) is 59.5 Å². The molecule has 1 heterocycles. The fraction of sp³-hybridized carbons (Fsp3) is 0.115. The van der Waals surface area contributed by atoms with Gasteiger partial charge in [0.05, 0.1) is 5.69 Å². The Morgan fingerprint density at radius 3 is 2.27 bits per heavy atom. The maximum atomic E-state index is 13.1. The first kappa shape index (κ1) is 22.3. The van der Waals surface area contributed by atoms with Gasteiger partial charge in [0.15, 0.2) is 0 Å². The van der Waals surface area contributed by atoms with E-state index >= 15 is 0 Å². The third-order valence-corrected chi connectivity index (χ3v) is 5.67. The van der Waals surface area contributed by atoms with Crippen molar-refractivity contribution in [1.29, 1.82) is 0 Å². The zero-order valence-corrected chi connectivity index (χ0v) is 19.0. The number of nitrogens with one attached hydrogen (secondary N) is 1. The fourth-order valence-corrected chi connectivity index (χ4v) is 3.87. The molecule has 6 nitrogen and oxygen atoms in total. The lowest BCUT2D eigenvalue weighted by molar-refractivity contribution is -0.120. The van der Waals surface area contributed by atoms with Crippen molar-refractivity contribution in [3.8, 4) is 0 Å². The van der Waals surface area contributed by atoms with Crippen LogP contribution in [0.2, 0.25) is 0 Å². The van der Waals surface area contributed by atoms with Crippen molar-refractivity contribution in [3.05, 3.63) is 101 Å². The summed E-state index contributed by atoms with van der Waals surface area (Å²) in [5.74, 6) is -1.25. The van der Waals surface area contributed by atoms with E-state index in [0.717, 1.165) is 16.2 Å². The Morgan fingerprint density at radius 1 is 0.939 bits per heavy atom.